The highest BCUT2D eigenvalue weighted by Crippen LogP contribution is 2.31. The molecule has 0 aliphatic heterocycles. The van der Waals surface area contributed by atoms with Crippen LogP contribution in [0.25, 0.3) is 0 Å². The van der Waals surface area contributed by atoms with E-state index >= 15 is 0 Å². The van der Waals surface area contributed by atoms with Crippen LogP contribution in [0.5, 0.6) is 0 Å². The van der Waals surface area contributed by atoms with E-state index in [4.69, 9.17) is 9.73 Å². The van der Waals surface area contributed by atoms with Gasteiger partial charge in [0.05, 0.1) is 6.54 Å². The first-order chi connectivity index (χ1) is 13.4. The first-order valence-corrected chi connectivity index (χ1v) is 9.92. The van der Waals surface area contributed by atoms with Gasteiger partial charge in [-0.25, -0.2) is 5.48 Å². The van der Waals surface area contributed by atoms with Crippen molar-refractivity contribution in [1.29, 1.82) is 0 Å². The Labute approximate surface area is 164 Å². The first kappa shape index (κ1) is 22.0. The fourth-order valence-electron chi connectivity index (χ4n) is 3.78. The van der Waals surface area contributed by atoms with Crippen LogP contribution in [0.4, 0.5) is 0 Å². The number of nitrogens with zero attached hydrogens (tertiary/aromatic N) is 3. The Hall–Kier alpha value is -2.29. The molecular weight excluding hydrogens is 364 g/mol. The smallest absolute Gasteiger partial charge is 0.295 e. The molecule has 0 spiro atoms. The van der Waals surface area contributed by atoms with Gasteiger partial charge in [-0.3, -0.25) is 19.6 Å². The lowest BCUT2D eigenvalue weighted by Gasteiger charge is -2.22. The van der Waals surface area contributed by atoms with E-state index in [2.05, 4.69) is 10.1 Å². The number of carbonyl (C=O) groups is 3. The van der Waals surface area contributed by atoms with E-state index in [1.54, 1.807) is 5.48 Å². The van der Waals surface area contributed by atoms with Crippen LogP contribution in [0.1, 0.15) is 87.1 Å². The third-order valence-electron chi connectivity index (χ3n) is 5.23. The van der Waals surface area contributed by atoms with Crippen LogP contribution >= 0.6 is 0 Å². The number of likely N-dealkylation sites (N-methyl/N-ethyl adjacent to an activating group) is 1. The molecule has 1 fully saturated rings. The lowest BCUT2D eigenvalue weighted by Crippen LogP contribution is -2.31. The number of carbonyl (C=O) groups excluding carboxylic acids is 3. The summed E-state index contributed by atoms with van der Waals surface area (Å²) in [5.41, 5.74) is 1.63. The van der Waals surface area contributed by atoms with Crippen LogP contribution in [0.2, 0.25) is 0 Å². The standard InChI is InChI=1S/C19H30N4O5/c1-13(24)12-23(2)19(26)17-20-18(28-22-17)15(11-16(25)21-27)10-6-9-14-7-4-3-5-8-14/h14-15,27H,3-12H2,1-2H3,(H,21,25)/t15-/m1/s1. The van der Waals surface area contributed by atoms with Crippen molar-refractivity contribution < 1.29 is 24.1 Å². The van der Waals surface area contributed by atoms with Gasteiger partial charge in [0.1, 0.15) is 5.78 Å². The summed E-state index contributed by atoms with van der Waals surface area (Å²) in [7, 11) is 1.49. The van der Waals surface area contributed by atoms with Gasteiger partial charge in [-0.15, -0.1) is 0 Å². The molecule has 0 unspecified atom stereocenters. The highest BCUT2D eigenvalue weighted by Gasteiger charge is 2.26. The second-order valence-electron chi connectivity index (χ2n) is 7.69. The monoisotopic (exact) mass is 394 g/mol. The highest BCUT2D eigenvalue weighted by molar-refractivity contribution is 5.93. The van der Waals surface area contributed by atoms with Crippen molar-refractivity contribution in [2.45, 2.75) is 70.6 Å². The molecule has 0 bridgehead atoms. The third-order valence-corrected chi connectivity index (χ3v) is 5.23. The predicted octanol–water partition coefficient (Wildman–Crippen LogP) is 2.46. The number of hydroxylamine groups is 1. The molecule has 9 heteroatoms. The fraction of sp³-hybridized carbons (Fsp3) is 0.737. The van der Waals surface area contributed by atoms with Crippen LogP contribution < -0.4 is 5.48 Å². The van der Waals surface area contributed by atoms with E-state index in [1.165, 1.54) is 51.0 Å². The van der Waals surface area contributed by atoms with Gasteiger partial charge in [0.2, 0.25) is 11.8 Å². The third kappa shape index (κ3) is 6.70. The van der Waals surface area contributed by atoms with Crippen molar-refractivity contribution in [3.63, 3.8) is 0 Å². The number of aromatic nitrogens is 2. The van der Waals surface area contributed by atoms with E-state index < -0.39 is 11.8 Å². The topological polar surface area (TPSA) is 126 Å². The molecule has 2 rings (SSSR count). The van der Waals surface area contributed by atoms with Gasteiger partial charge in [-0.2, -0.15) is 4.98 Å². The highest BCUT2D eigenvalue weighted by atomic mass is 16.5. The first-order valence-electron chi connectivity index (χ1n) is 9.92. The van der Waals surface area contributed by atoms with E-state index in [-0.39, 0.29) is 36.4 Å². The van der Waals surface area contributed by atoms with E-state index in [1.807, 2.05) is 0 Å². The zero-order chi connectivity index (χ0) is 20.5. The van der Waals surface area contributed by atoms with Crippen molar-refractivity contribution in [3.05, 3.63) is 11.7 Å². The van der Waals surface area contributed by atoms with Gasteiger partial charge in [-0.1, -0.05) is 50.1 Å². The summed E-state index contributed by atoms with van der Waals surface area (Å²) >= 11 is 0. The van der Waals surface area contributed by atoms with Crippen molar-refractivity contribution >= 4 is 17.6 Å². The van der Waals surface area contributed by atoms with E-state index in [9.17, 15) is 14.4 Å². The number of nitrogens with one attached hydrogen (secondary N) is 1. The maximum Gasteiger partial charge on any atom is 0.295 e. The van der Waals surface area contributed by atoms with Crippen LogP contribution in [0.15, 0.2) is 4.52 Å². The van der Waals surface area contributed by atoms with Gasteiger partial charge in [-0.05, 0) is 19.3 Å². The lowest BCUT2D eigenvalue weighted by molar-refractivity contribution is -0.129. The molecule has 1 aromatic heterocycles. The molecule has 28 heavy (non-hydrogen) atoms. The number of rotatable bonds is 10. The molecule has 1 aliphatic carbocycles. The van der Waals surface area contributed by atoms with Crippen molar-refractivity contribution in [2.75, 3.05) is 13.6 Å². The summed E-state index contributed by atoms with van der Waals surface area (Å²) in [6, 6.07) is 0. The zero-order valence-corrected chi connectivity index (χ0v) is 16.6. The zero-order valence-electron chi connectivity index (χ0n) is 16.6. The second-order valence-corrected chi connectivity index (χ2v) is 7.69. The predicted molar refractivity (Wildman–Crippen MR) is 99.7 cm³/mol. The van der Waals surface area contributed by atoms with Crippen molar-refractivity contribution in [1.82, 2.24) is 20.5 Å². The number of hydrogen-bond acceptors (Lipinski definition) is 7. The molecule has 1 heterocycles. The summed E-state index contributed by atoms with van der Waals surface area (Å²) < 4.78 is 5.24. The fourth-order valence-corrected chi connectivity index (χ4v) is 3.78. The van der Waals surface area contributed by atoms with Crippen molar-refractivity contribution in [2.24, 2.45) is 5.92 Å². The average molecular weight is 394 g/mol. The minimum absolute atomic E-state index is 0.000273. The number of ketones is 1. The Morgan fingerprint density at radius 1 is 1.29 bits per heavy atom. The summed E-state index contributed by atoms with van der Waals surface area (Å²) in [4.78, 5) is 40.5. The quantitative estimate of drug-likeness (QED) is 0.461. The molecule has 2 N–H and O–H groups in total. The Balaban J connectivity index is 1.99. The van der Waals surface area contributed by atoms with Crippen LogP contribution in [-0.4, -0.2) is 51.4 Å². The SMILES string of the molecule is CC(=O)CN(C)C(=O)c1noc([C@H](CCCC2CCCCC2)CC(=O)NO)n1. The van der Waals surface area contributed by atoms with Gasteiger partial charge in [0.25, 0.3) is 11.7 Å². The van der Waals surface area contributed by atoms with Crippen LogP contribution in [0.3, 0.4) is 0 Å². The molecular formula is C19H30N4O5. The Kier molecular flexibility index (Phi) is 8.56. The number of hydrogen-bond donors (Lipinski definition) is 2. The number of amides is 2. The summed E-state index contributed by atoms with van der Waals surface area (Å²) in [6.45, 7) is 1.35. The van der Waals surface area contributed by atoms with E-state index in [0.29, 0.717) is 6.42 Å². The summed E-state index contributed by atoms with van der Waals surface area (Å²) in [5, 5.41) is 12.6. The maximum atomic E-state index is 12.3. The van der Waals surface area contributed by atoms with Gasteiger partial charge in [0, 0.05) is 19.4 Å². The van der Waals surface area contributed by atoms with Gasteiger partial charge < -0.3 is 9.42 Å². The Morgan fingerprint density at radius 3 is 2.64 bits per heavy atom. The summed E-state index contributed by atoms with van der Waals surface area (Å²) in [5.74, 6) is -0.795. The molecule has 0 radical (unpaired) electrons. The maximum absolute atomic E-state index is 12.3. The molecule has 0 saturated heterocycles. The largest absolute Gasteiger partial charge is 0.338 e. The van der Waals surface area contributed by atoms with Gasteiger partial charge >= 0.3 is 0 Å². The molecule has 1 atom stereocenters. The molecule has 2 amide bonds. The molecule has 1 saturated carbocycles. The average Bonchev–Trinajstić information content (AvgIpc) is 3.16. The molecule has 156 valence electrons. The van der Waals surface area contributed by atoms with Crippen LogP contribution in [0, 0.1) is 5.92 Å². The second kappa shape index (κ2) is 10.9. The van der Waals surface area contributed by atoms with Crippen LogP contribution in [-0.2, 0) is 9.59 Å². The summed E-state index contributed by atoms with van der Waals surface area (Å²) in [6.07, 6.45) is 9.03. The number of Topliss-reactive ketones (excluding diaryl/α,β-unsaturated/α-hetero) is 1. The van der Waals surface area contributed by atoms with E-state index in [0.717, 1.165) is 18.8 Å². The minimum Gasteiger partial charge on any atom is -0.338 e. The van der Waals surface area contributed by atoms with Crippen molar-refractivity contribution in [3.8, 4) is 0 Å². The molecule has 9 nitrogen and oxygen atoms in total. The Morgan fingerprint density at radius 2 is 2.00 bits per heavy atom. The lowest BCUT2D eigenvalue weighted by atomic mass is 9.84. The molecule has 1 aliphatic rings. The van der Waals surface area contributed by atoms with Gasteiger partial charge in [0.15, 0.2) is 0 Å². The normalized spacial score (nSPS) is 15.8. The Bertz CT molecular complexity index is 669. The minimum atomic E-state index is -0.539. The molecule has 0 aromatic carbocycles. The molecule has 1 aromatic rings.